The molecule has 0 saturated heterocycles. The summed E-state index contributed by atoms with van der Waals surface area (Å²) in [6.45, 7) is 2.44. The maximum atomic E-state index is 12.7. The largest absolute Gasteiger partial charge is 0.467 e. The van der Waals surface area contributed by atoms with Crippen LogP contribution >= 0.6 is 0 Å². The van der Waals surface area contributed by atoms with Crippen LogP contribution in [0.1, 0.15) is 28.9 Å². The zero-order valence-corrected chi connectivity index (χ0v) is 14.0. The molecule has 1 aromatic carbocycles. The van der Waals surface area contributed by atoms with E-state index in [-0.39, 0.29) is 19.1 Å². The summed E-state index contributed by atoms with van der Waals surface area (Å²) < 4.78 is 5.29. The Morgan fingerprint density at radius 2 is 2.08 bits per heavy atom. The monoisotopic (exact) mass is 340 g/mol. The van der Waals surface area contributed by atoms with Gasteiger partial charge in [-0.3, -0.25) is 9.89 Å². The number of aryl methyl sites for hydroxylation is 1. The molecular weight excluding hydrogens is 320 g/mol. The van der Waals surface area contributed by atoms with Gasteiger partial charge in [-0.1, -0.05) is 19.1 Å². The van der Waals surface area contributed by atoms with E-state index in [0.29, 0.717) is 23.7 Å². The number of carbonyl (C=O) groups is 1. The summed E-state index contributed by atoms with van der Waals surface area (Å²) >= 11 is 0. The molecule has 0 aliphatic heterocycles. The van der Waals surface area contributed by atoms with Gasteiger partial charge >= 0.3 is 0 Å². The topological polar surface area (TPSA) is 95.2 Å². The van der Waals surface area contributed by atoms with Crippen LogP contribution in [0.4, 0.5) is 0 Å². The highest BCUT2D eigenvalue weighted by Gasteiger charge is 2.17. The first-order valence-electron chi connectivity index (χ1n) is 8.15. The summed E-state index contributed by atoms with van der Waals surface area (Å²) in [5.74, 6) is 1.94. The van der Waals surface area contributed by atoms with Crippen molar-refractivity contribution in [2.45, 2.75) is 19.9 Å². The van der Waals surface area contributed by atoms with Crippen LogP contribution < -0.4 is 0 Å². The van der Waals surface area contributed by atoms with Crippen molar-refractivity contribution in [3.8, 4) is 11.4 Å². The van der Waals surface area contributed by atoms with Crippen molar-refractivity contribution in [2.75, 3.05) is 13.2 Å². The maximum Gasteiger partial charge on any atom is 0.254 e. The van der Waals surface area contributed by atoms with Gasteiger partial charge < -0.3 is 14.4 Å². The van der Waals surface area contributed by atoms with Crippen LogP contribution in [0.2, 0.25) is 0 Å². The van der Waals surface area contributed by atoms with Crippen molar-refractivity contribution >= 4 is 5.91 Å². The Morgan fingerprint density at radius 1 is 1.28 bits per heavy atom. The van der Waals surface area contributed by atoms with Crippen molar-refractivity contribution < 1.29 is 14.3 Å². The number of rotatable bonds is 7. The van der Waals surface area contributed by atoms with E-state index in [1.165, 1.54) is 0 Å². The minimum Gasteiger partial charge on any atom is -0.467 e. The molecule has 3 aromatic rings. The molecule has 0 bridgehead atoms. The highest BCUT2D eigenvalue weighted by Crippen LogP contribution is 2.17. The standard InChI is InChI=1S/C18H20N4O3/c1-2-16-19-17(21-20-16)13-5-7-14(8-6-13)18(24)22(9-10-23)12-15-4-3-11-25-15/h3-8,11,23H,2,9-10,12H2,1H3,(H,19,20,21). The van der Waals surface area contributed by atoms with E-state index in [0.717, 1.165) is 17.8 Å². The molecule has 0 fully saturated rings. The van der Waals surface area contributed by atoms with Crippen LogP contribution in [0.15, 0.2) is 47.1 Å². The summed E-state index contributed by atoms with van der Waals surface area (Å²) in [4.78, 5) is 18.6. The molecule has 0 spiro atoms. The van der Waals surface area contributed by atoms with Crippen LogP contribution in [0, 0.1) is 0 Å². The fraction of sp³-hybridized carbons (Fsp3) is 0.278. The Morgan fingerprint density at radius 3 is 2.68 bits per heavy atom. The number of aromatic amines is 1. The number of nitrogens with one attached hydrogen (secondary N) is 1. The molecule has 2 heterocycles. The van der Waals surface area contributed by atoms with Crippen LogP contribution in [0.3, 0.4) is 0 Å². The van der Waals surface area contributed by atoms with Crippen LogP contribution in [-0.4, -0.2) is 44.2 Å². The zero-order chi connectivity index (χ0) is 17.6. The predicted molar refractivity (Wildman–Crippen MR) is 91.7 cm³/mol. The van der Waals surface area contributed by atoms with Gasteiger partial charge in [0, 0.05) is 24.1 Å². The van der Waals surface area contributed by atoms with Crippen molar-refractivity contribution in [3.05, 3.63) is 59.8 Å². The summed E-state index contributed by atoms with van der Waals surface area (Å²) in [6, 6.07) is 10.7. The van der Waals surface area contributed by atoms with Gasteiger partial charge in [0.15, 0.2) is 5.82 Å². The lowest BCUT2D eigenvalue weighted by Crippen LogP contribution is -2.32. The molecule has 0 unspecified atom stereocenters. The summed E-state index contributed by atoms with van der Waals surface area (Å²) in [5.41, 5.74) is 1.38. The number of aromatic nitrogens is 3. The van der Waals surface area contributed by atoms with E-state index in [9.17, 15) is 9.90 Å². The number of hydrogen-bond acceptors (Lipinski definition) is 5. The zero-order valence-electron chi connectivity index (χ0n) is 14.0. The number of furan rings is 1. The smallest absolute Gasteiger partial charge is 0.254 e. The first-order chi connectivity index (χ1) is 12.2. The quantitative estimate of drug-likeness (QED) is 0.688. The molecule has 7 nitrogen and oxygen atoms in total. The third-order valence-electron chi connectivity index (χ3n) is 3.84. The van der Waals surface area contributed by atoms with Crippen LogP contribution in [0.5, 0.6) is 0 Å². The number of nitrogens with zero attached hydrogens (tertiary/aromatic N) is 3. The molecule has 1 amide bonds. The normalized spacial score (nSPS) is 10.8. The van der Waals surface area contributed by atoms with Crippen molar-refractivity contribution in [1.82, 2.24) is 20.1 Å². The third-order valence-corrected chi connectivity index (χ3v) is 3.84. The Bertz CT molecular complexity index is 809. The second kappa shape index (κ2) is 7.76. The second-order valence-corrected chi connectivity index (χ2v) is 5.57. The summed E-state index contributed by atoms with van der Waals surface area (Å²) in [6.07, 6.45) is 2.35. The van der Waals surface area contributed by atoms with E-state index in [1.54, 1.807) is 35.4 Å². The molecule has 0 atom stereocenters. The van der Waals surface area contributed by atoms with E-state index in [1.807, 2.05) is 19.1 Å². The lowest BCUT2D eigenvalue weighted by atomic mass is 10.1. The van der Waals surface area contributed by atoms with E-state index >= 15 is 0 Å². The van der Waals surface area contributed by atoms with Gasteiger partial charge in [-0.05, 0) is 24.3 Å². The van der Waals surface area contributed by atoms with E-state index < -0.39 is 0 Å². The molecule has 3 rings (SSSR count). The molecule has 2 aromatic heterocycles. The predicted octanol–water partition coefficient (Wildman–Crippen LogP) is 2.26. The number of carbonyl (C=O) groups excluding carboxylic acids is 1. The summed E-state index contributed by atoms with van der Waals surface area (Å²) in [5, 5.41) is 16.3. The fourth-order valence-electron chi connectivity index (χ4n) is 2.49. The average Bonchev–Trinajstić information content (AvgIpc) is 3.32. The van der Waals surface area contributed by atoms with E-state index in [2.05, 4.69) is 15.2 Å². The Kier molecular flexibility index (Phi) is 5.25. The SMILES string of the molecule is CCc1nc(-c2ccc(C(=O)N(CCO)Cc3ccco3)cc2)n[nH]1. The highest BCUT2D eigenvalue weighted by atomic mass is 16.3. The molecule has 2 N–H and O–H groups in total. The lowest BCUT2D eigenvalue weighted by Gasteiger charge is -2.20. The number of aliphatic hydroxyl groups excluding tert-OH is 1. The fourth-order valence-corrected chi connectivity index (χ4v) is 2.49. The molecule has 25 heavy (non-hydrogen) atoms. The second-order valence-electron chi connectivity index (χ2n) is 5.57. The number of benzene rings is 1. The molecule has 7 heteroatoms. The van der Waals surface area contributed by atoms with Gasteiger partial charge in [0.2, 0.25) is 0 Å². The Hall–Kier alpha value is -2.93. The minimum absolute atomic E-state index is 0.110. The molecule has 0 aliphatic carbocycles. The lowest BCUT2D eigenvalue weighted by molar-refractivity contribution is 0.0695. The molecule has 130 valence electrons. The molecule has 0 saturated carbocycles. The maximum absolute atomic E-state index is 12.7. The molecule has 0 radical (unpaired) electrons. The van der Waals surface area contributed by atoms with Gasteiger partial charge in [-0.2, -0.15) is 5.10 Å². The van der Waals surface area contributed by atoms with Crippen LogP contribution in [0.25, 0.3) is 11.4 Å². The minimum atomic E-state index is -0.166. The molecule has 0 aliphatic rings. The third kappa shape index (κ3) is 3.95. The Balaban J connectivity index is 1.76. The van der Waals surface area contributed by atoms with Crippen molar-refractivity contribution in [2.24, 2.45) is 0 Å². The number of H-pyrrole nitrogens is 1. The van der Waals surface area contributed by atoms with Gasteiger partial charge in [0.1, 0.15) is 11.6 Å². The van der Waals surface area contributed by atoms with Gasteiger partial charge in [-0.25, -0.2) is 4.98 Å². The van der Waals surface area contributed by atoms with E-state index in [4.69, 9.17) is 4.42 Å². The van der Waals surface area contributed by atoms with Gasteiger partial charge in [0.25, 0.3) is 5.91 Å². The summed E-state index contributed by atoms with van der Waals surface area (Å²) in [7, 11) is 0. The first kappa shape index (κ1) is 16.9. The van der Waals surface area contributed by atoms with Gasteiger partial charge in [0.05, 0.1) is 19.4 Å². The number of aliphatic hydroxyl groups is 1. The number of hydrogen-bond donors (Lipinski definition) is 2. The highest BCUT2D eigenvalue weighted by molar-refractivity contribution is 5.94. The van der Waals surface area contributed by atoms with Gasteiger partial charge in [-0.15, -0.1) is 0 Å². The average molecular weight is 340 g/mol. The number of amides is 1. The van der Waals surface area contributed by atoms with Crippen LogP contribution in [-0.2, 0) is 13.0 Å². The van der Waals surface area contributed by atoms with Crippen molar-refractivity contribution in [3.63, 3.8) is 0 Å². The Labute approximate surface area is 145 Å². The molecular formula is C18H20N4O3. The first-order valence-corrected chi connectivity index (χ1v) is 8.15. The van der Waals surface area contributed by atoms with Crippen molar-refractivity contribution in [1.29, 1.82) is 0 Å².